The van der Waals surface area contributed by atoms with Crippen molar-refractivity contribution in [1.29, 1.82) is 0 Å². The maximum Gasteiger partial charge on any atom is 0.358 e. The number of β-lactam (4-membered cyclic amide) rings is 1. The molecule has 1 N–H and O–H groups in total. The van der Waals surface area contributed by atoms with Gasteiger partial charge in [0.05, 0.1) is 12.1 Å². The van der Waals surface area contributed by atoms with Crippen molar-refractivity contribution in [1.82, 2.24) is 4.90 Å². The SMILES string of the molecule is Cc1ccc(C(O)CCc2ccccc2)c(S(=O)(=O)OC2=C(C(=O)OCc3ccccc3)N3C(=O)CC3C2)c1. The molecule has 0 aliphatic carbocycles. The molecule has 0 spiro atoms. The first-order valence-electron chi connectivity index (χ1n) is 12.8. The summed E-state index contributed by atoms with van der Waals surface area (Å²) in [4.78, 5) is 26.4. The molecule has 0 saturated carbocycles. The van der Waals surface area contributed by atoms with Gasteiger partial charge in [0, 0.05) is 18.4 Å². The zero-order chi connectivity index (χ0) is 27.6. The number of carbonyl (C=O) groups is 2. The lowest BCUT2D eigenvalue weighted by Gasteiger charge is -2.34. The van der Waals surface area contributed by atoms with Crippen molar-refractivity contribution < 1.29 is 32.0 Å². The molecule has 3 aromatic carbocycles. The number of aryl methyl sites for hydroxylation is 2. The highest BCUT2D eigenvalue weighted by atomic mass is 32.2. The first kappa shape index (κ1) is 26.6. The molecule has 1 saturated heterocycles. The minimum atomic E-state index is -4.46. The predicted octanol–water partition coefficient (Wildman–Crippen LogP) is 4.33. The van der Waals surface area contributed by atoms with Crippen molar-refractivity contribution in [2.45, 2.75) is 56.3 Å². The van der Waals surface area contributed by atoms with Crippen molar-refractivity contribution >= 4 is 22.0 Å². The highest BCUT2D eigenvalue weighted by molar-refractivity contribution is 7.87. The lowest BCUT2D eigenvalue weighted by Crippen LogP contribution is -2.49. The molecule has 2 heterocycles. The van der Waals surface area contributed by atoms with Gasteiger partial charge in [-0.2, -0.15) is 8.42 Å². The van der Waals surface area contributed by atoms with Crippen LogP contribution in [0.1, 0.15) is 47.6 Å². The second kappa shape index (κ2) is 11.0. The molecule has 0 radical (unpaired) electrons. The Morgan fingerprint density at radius 3 is 2.33 bits per heavy atom. The van der Waals surface area contributed by atoms with E-state index in [1.165, 1.54) is 11.0 Å². The summed E-state index contributed by atoms with van der Waals surface area (Å²) in [5, 5.41) is 11.0. The van der Waals surface area contributed by atoms with Gasteiger partial charge in [0.15, 0.2) is 11.5 Å². The van der Waals surface area contributed by atoms with E-state index in [9.17, 15) is 23.1 Å². The highest BCUT2D eigenvalue weighted by Crippen LogP contribution is 2.41. The van der Waals surface area contributed by atoms with Crippen molar-refractivity contribution in [2.24, 2.45) is 0 Å². The Morgan fingerprint density at radius 2 is 1.67 bits per heavy atom. The number of aliphatic hydroxyl groups is 1. The number of fused-ring (bicyclic) bond motifs is 1. The van der Waals surface area contributed by atoms with Crippen LogP contribution in [0.25, 0.3) is 0 Å². The number of nitrogens with zero attached hydrogens (tertiary/aromatic N) is 1. The van der Waals surface area contributed by atoms with Crippen LogP contribution in [0, 0.1) is 6.92 Å². The van der Waals surface area contributed by atoms with Gasteiger partial charge in [-0.05, 0) is 42.5 Å². The number of carbonyl (C=O) groups excluding carboxylic acids is 2. The second-order valence-electron chi connectivity index (χ2n) is 9.78. The van der Waals surface area contributed by atoms with Crippen molar-refractivity contribution in [3.63, 3.8) is 0 Å². The molecule has 1 fully saturated rings. The van der Waals surface area contributed by atoms with E-state index in [4.69, 9.17) is 8.92 Å². The van der Waals surface area contributed by atoms with Gasteiger partial charge < -0.3 is 14.0 Å². The number of benzene rings is 3. The molecule has 0 aromatic heterocycles. The Bertz CT molecular complexity index is 1520. The summed E-state index contributed by atoms with van der Waals surface area (Å²) in [7, 11) is -4.46. The first-order chi connectivity index (χ1) is 18.7. The molecular formula is C30H29NO7S. The summed E-state index contributed by atoms with van der Waals surface area (Å²) in [5.41, 5.74) is 2.46. The molecule has 2 unspecified atom stereocenters. The fraction of sp³-hybridized carbons (Fsp3) is 0.267. The standard InChI is InChI=1S/C30H29NO7S/c1-20-12-14-24(25(32)15-13-21-8-4-2-5-9-21)27(16-20)39(35,36)38-26-17-23-18-28(33)31(23)29(26)30(34)37-19-22-10-6-3-7-11-22/h2-12,14,16,23,25,32H,13,15,17-19H2,1H3. The Labute approximate surface area is 227 Å². The molecule has 3 aromatic rings. The van der Waals surface area contributed by atoms with Crippen LogP contribution >= 0.6 is 0 Å². The number of esters is 1. The summed E-state index contributed by atoms with van der Waals surface area (Å²) < 4.78 is 38.1. The van der Waals surface area contributed by atoms with Crippen LogP contribution in [0.15, 0.2) is 95.2 Å². The minimum absolute atomic E-state index is 0.0362. The van der Waals surface area contributed by atoms with Crippen LogP contribution in [-0.4, -0.2) is 36.3 Å². The average molecular weight is 548 g/mol. The quantitative estimate of drug-likeness (QED) is 0.229. The second-order valence-corrected chi connectivity index (χ2v) is 11.3. The number of aliphatic hydroxyl groups excluding tert-OH is 1. The summed E-state index contributed by atoms with van der Waals surface area (Å²) in [6.45, 7) is 1.70. The van der Waals surface area contributed by atoms with Crippen LogP contribution in [0.5, 0.6) is 0 Å². The summed E-state index contributed by atoms with van der Waals surface area (Å²) >= 11 is 0. The van der Waals surface area contributed by atoms with Gasteiger partial charge in [-0.15, -0.1) is 0 Å². The Balaban J connectivity index is 1.40. The van der Waals surface area contributed by atoms with Crippen LogP contribution in [0.4, 0.5) is 0 Å². The largest absolute Gasteiger partial charge is 0.456 e. The normalized spacial score (nSPS) is 17.4. The maximum absolute atomic E-state index is 13.6. The van der Waals surface area contributed by atoms with Crippen LogP contribution in [0.2, 0.25) is 0 Å². The molecule has 202 valence electrons. The third-order valence-corrected chi connectivity index (χ3v) is 8.25. The zero-order valence-corrected chi connectivity index (χ0v) is 22.3. The number of ether oxygens (including phenoxy) is 1. The first-order valence-corrected chi connectivity index (χ1v) is 14.2. The van der Waals surface area contributed by atoms with Crippen molar-refractivity contribution in [3.8, 4) is 0 Å². The summed E-state index contributed by atoms with van der Waals surface area (Å²) in [6.07, 6.45) is 0.0694. The van der Waals surface area contributed by atoms with Crippen molar-refractivity contribution in [2.75, 3.05) is 0 Å². The minimum Gasteiger partial charge on any atom is -0.456 e. The molecular weight excluding hydrogens is 518 g/mol. The van der Waals surface area contributed by atoms with Crippen LogP contribution in [0.3, 0.4) is 0 Å². The molecule has 5 rings (SSSR count). The monoisotopic (exact) mass is 547 g/mol. The Hall–Kier alpha value is -3.95. The molecule has 2 atom stereocenters. The molecule has 39 heavy (non-hydrogen) atoms. The Morgan fingerprint density at radius 1 is 1.00 bits per heavy atom. The lowest BCUT2D eigenvalue weighted by molar-refractivity contribution is -0.151. The van der Waals surface area contributed by atoms with E-state index in [-0.39, 0.29) is 53.3 Å². The van der Waals surface area contributed by atoms with E-state index in [2.05, 4.69) is 0 Å². The summed E-state index contributed by atoms with van der Waals surface area (Å²) in [5.74, 6) is -1.25. The van der Waals surface area contributed by atoms with Crippen LogP contribution in [-0.2, 0) is 41.7 Å². The predicted molar refractivity (Wildman–Crippen MR) is 142 cm³/mol. The summed E-state index contributed by atoms with van der Waals surface area (Å²) in [6, 6.07) is 23.0. The van der Waals surface area contributed by atoms with Crippen molar-refractivity contribution in [3.05, 3.63) is 113 Å². The molecule has 2 aliphatic rings. The average Bonchev–Trinajstić information content (AvgIpc) is 3.22. The van der Waals surface area contributed by atoms with E-state index in [1.807, 2.05) is 48.5 Å². The molecule has 2 aliphatic heterocycles. The molecule has 1 amide bonds. The topological polar surface area (TPSA) is 110 Å². The van der Waals surface area contributed by atoms with E-state index < -0.39 is 22.2 Å². The number of rotatable bonds is 10. The van der Waals surface area contributed by atoms with Gasteiger partial charge >= 0.3 is 16.1 Å². The third-order valence-electron chi connectivity index (χ3n) is 6.93. The number of hydrogen-bond donors (Lipinski definition) is 1. The molecule has 8 nitrogen and oxygen atoms in total. The van der Waals surface area contributed by atoms with Gasteiger partial charge in [-0.1, -0.05) is 72.8 Å². The maximum atomic E-state index is 13.6. The van der Waals surface area contributed by atoms with Gasteiger partial charge in [0.25, 0.3) is 0 Å². The van der Waals surface area contributed by atoms with E-state index >= 15 is 0 Å². The van der Waals surface area contributed by atoms with Crippen LogP contribution < -0.4 is 0 Å². The fourth-order valence-electron chi connectivity index (χ4n) is 4.89. The van der Waals surface area contributed by atoms with Gasteiger partial charge in [-0.25, -0.2) is 4.79 Å². The Kier molecular flexibility index (Phi) is 7.54. The van der Waals surface area contributed by atoms with E-state index in [0.29, 0.717) is 18.4 Å². The zero-order valence-electron chi connectivity index (χ0n) is 21.4. The van der Waals surface area contributed by atoms with E-state index in [0.717, 1.165) is 11.1 Å². The fourth-order valence-corrected chi connectivity index (χ4v) is 6.21. The lowest BCUT2D eigenvalue weighted by atomic mass is 10.0. The van der Waals surface area contributed by atoms with Gasteiger partial charge in [0.1, 0.15) is 11.5 Å². The third kappa shape index (κ3) is 5.74. The molecule has 9 heteroatoms. The van der Waals surface area contributed by atoms with Gasteiger partial charge in [0.2, 0.25) is 5.91 Å². The highest BCUT2D eigenvalue weighted by Gasteiger charge is 2.50. The smallest absolute Gasteiger partial charge is 0.358 e. The number of hydrogen-bond acceptors (Lipinski definition) is 7. The molecule has 0 bridgehead atoms. The van der Waals surface area contributed by atoms with E-state index in [1.54, 1.807) is 31.2 Å². The number of amides is 1. The van der Waals surface area contributed by atoms with Gasteiger partial charge in [-0.3, -0.25) is 9.69 Å².